The van der Waals surface area contributed by atoms with Crippen molar-refractivity contribution in [3.63, 3.8) is 0 Å². The fraction of sp³-hybridized carbons (Fsp3) is 0.571. The topological polar surface area (TPSA) is 80.5 Å². The SMILES string of the molecule is Cc1c(Cl)cc(S(=O)(=O)N2C[C@@H](C)C[C@H](C)C2)cc1[N+](=O)[O-]. The van der Waals surface area contributed by atoms with Crippen LogP contribution in [-0.4, -0.2) is 30.7 Å². The van der Waals surface area contributed by atoms with Gasteiger partial charge in [0, 0.05) is 24.7 Å². The summed E-state index contributed by atoms with van der Waals surface area (Å²) in [4.78, 5) is 10.3. The molecule has 2 atom stereocenters. The summed E-state index contributed by atoms with van der Waals surface area (Å²) in [6, 6.07) is 2.39. The molecule has 6 nitrogen and oxygen atoms in total. The molecule has 0 aliphatic carbocycles. The summed E-state index contributed by atoms with van der Waals surface area (Å²) in [5.41, 5.74) is -0.00446. The van der Waals surface area contributed by atoms with Gasteiger partial charge in [0.15, 0.2) is 0 Å². The van der Waals surface area contributed by atoms with Gasteiger partial charge >= 0.3 is 0 Å². The highest BCUT2D eigenvalue weighted by Gasteiger charge is 2.33. The summed E-state index contributed by atoms with van der Waals surface area (Å²) < 4.78 is 26.9. The lowest BCUT2D eigenvalue weighted by Gasteiger charge is -2.34. The molecular weight excluding hydrogens is 328 g/mol. The van der Waals surface area contributed by atoms with Crippen LogP contribution in [0.3, 0.4) is 0 Å². The Morgan fingerprint density at radius 2 is 1.82 bits per heavy atom. The number of nitrogens with zero attached hydrogens (tertiary/aromatic N) is 2. The van der Waals surface area contributed by atoms with Gasteiger partial charge in [0.25, 0.3) is 5.69 Å². The van der Waals surface area contributed by atoms with Gasteiger partial charge in [0.2, 0.25) is 10.0 Å². The predicted molar refractivity (Wildman–Crippen MR) is 84.5 cm³/mol. The Balaban J connectivity index is 2.48. The van der Waals surface area contributed by atoms with Crippen LogP contribution in [0.2, 0.25) is 5.02 Å². The predicted octanol–water partition coefficient (Wildman–Crippen LogP) is 3.22. The second-order valence-electron chi connectivity index (χ2n) is 6.07. The molecule has 0 amide bonds. The van der Waals surface area contributed by atoms with Crippen molar-refractivity contribution in [2.45, 2.75) is 32.1 Å². The van der Waals surface area contributed by atoms with Gasteiger partial charge in [0.05, 0.1) is 14.8 Å². The Morgan fingerprint density at radius 3 is 2.32 bits per heavy atom. The summed E-state index contributed by atoms with van der Waals surface area (Å²) in [7, 11) is -3.78. The zero-order chi connectivity index (χ0) is 16.7. The van der Waals surface area contributed by atoms with Gasteiger partial charge in [-0.1, -0.05) is 25.4 Å². The molecule has 0 aromatic heterocycles. The minimum absolute atomic E-state index is 0.0888. The highest BCUT2D eigenvalue weighted by Crippen LogP contribution is 2.33. The molecule has 22 heavy (non-hydrogen) atoms. The molecule has 2 rings (SSSR count). The summed E-state index contributed by atoms with van der Waals surface area (Å²) >= 11 is 5.98. The van der Waals surface area contributed by atoms with Crippen LogP contribution in [0.15, 0.2) is 17.0 Å². The first-order chi connectivity index (χ1) is 10.1. The Bertz CT molecular complexity index is 695. The Morgan fingerprint density at radius 1 is 1.27 bits per heavy atom. The van der Waals surface area contributed by atoms with Gasteiger partial charge in [-0.15, -0.1) is 0 Å². The molecule has 0 spiro atoms. The van der Waals surface area contributed by atoms with E-state index in [1.807, 2.05) is 13.8 Å². The quantitative estimate of drug-likeness (QED) is 0.621. The van der Waals surface area contributed by atoms with Gasteiger partial charge in [-0.05, 0) is 31.2 Å². The molecule has 0 bridgehead atoms. The molecule has 1 saturated heterocycles. The van der Waals surface area contributed by atoms with Crippen LogP contribution >= 0.6 is 11.6 Å². The fourth-order valence-corrected chi connectivity index (χ4v) is 4.94. The van der Waals surface area contributed by atoms with Crippen LogP contribution in [0.25, 0.3) is 0 Å². The molecular formula is C14H19ClN2O4S. The molecule has 0 N–H and O–H groups in total. The Labute approximate surface area is 135 Å². The monoisotopic (exact) mass is 346 g/mol. The standard InChI is InChI=1S/C14H19ClN2O4S/c1-9-4-10(2)8-16(7-9)22(20,21)12-5-13(15)11(3)14(6-12)17(18)19/h5-6,9-10H,4,7-8H2,1-3H3/t9-,10-/m0/s1. The van der Waals surface area contributed by atoms with E-state index in [1.54, 1.807) is 0 Å². The molecule has 0 unspecified atom stereocenters. The fourth-order valence-electron chi connectivity index (χ4n) is 2.93. The van der Waals surface area contributed by atoms with Crippen LogP contribution in [0.1, 0.15) is 25.8 Å². The van der Waals surface area contributed by atoms with Crippen LogP contribution < -0.4 is 0 Å². The molecule has 122 valence electrons. The summed E-state index contributed by atoms with van der Waals surface area (Å²) in [5.74, 6) is 0.517. The van der Waals surface area contributed by atoms with Crippen molar-refractivity contribution in [1.29, 1.82) is 0 Å². The van der Waals surface area contributed by atoms with Crippen molar-refractivity contribution >= 4 is 27.3 Å². The lowest BCUT2D eigenvalue weighted by Crippen LogP contribution is -2.42. The number of hydrogen-bond donors (Lipinski definition) is 0. The zero-order valence-corrected chi connectivity index (χ0v) is 14.3. The minimum Gasteiger partial charge on any atom is -0.258 e. The highest BCUT2D eigenvalue weighted by molar-refractivity contribution is 7.89. The molecule has 1 fully saturated rings. The molecule has 8 heteroatoms. The number of benzene rings is 1. The lowest BCUT2D eigenvalue weighted by atomic mass is 9.94. The normalized spacial score (nSPS) is 23.5. The second kappa shape index (κ2) is 6.14. The molecule has 1 aliphatic rings. The van der Waals surface area contributed by atoms with E-state index in [1.165, 1.54) is 17.3 Å². The second-order valence-corrected chi connectivity index (χ2v) is 8.42. The first-order valence-electron chi connectivity index (χ1n) is 7.07. The maximum absolute atomic E-state index is 12.8. The number of hydrogen-bond acceptors (Lipinski definition) is 4. The molecule has 1 heterocycles. The number of nitro groups is 1. The van der Waals surface area contributed by atoms with Gasteiger partial charge < -0.3 is 0 Å². The van der Waals surface area contributed by atoms with E-state index >= 15 is 0 Å². The van der Waals surface area contributed by atoms with Gasteiger partial charge in [0.1, 0.15) is 0 Å². The van der Waals surface area contributed by atoms with E-state index in [4.69, 9.17) is 11.6 Å². The van der Waals surface area contributed by atoms with Gasteiger partial charge in [-0.25, -0.2) is 8.42 Å². The first-order valence-corrected chi connectivity index (χ1v) is 8.89. The largest absolute Gasteiger partial charge is 0.275 e. The van der Waals surface area contributed by atoms with Crippen molar-refractivity contribution < 1.29 is 13.3 Å². The van der Waals surface area contributed by atoms with Crippen molar-refractivity contribution in [1.82, 2.24) is 4.31 Å². The van der Waals surface area contributed by atoms with E-state index in [0.717, 1.165) is 12.5 Å². The van der Waals surface area contributed by atoms with Gasteiger partial charge in [-0.2, -0.15) is 4.31 Å². The number of sulfonamides is 1. The lowest BCUT2D eigenvalue weighted by molar-refractivity contribution is -0.385. The number of halogens is 1. The van der Waals surface area contributed by atoms with Gasteiger partial charge in [-0.3, -0.25) is 10.1 Å². The van der Waals surface area contributed by atoms with E-state index < -0.39 is 14.9 Å². The van der Waals surface area contributed by atoms with E-state index in [-0.39, 0.29) is 33.0 Å². The summed E-state index contributed by atoms with van der Waals surface area (Å²) in [5, 5.41) is 11.2. The van der Waals surface area contributed by atoms with Crippen LogP contribution in [0.4, 0.5) is 5.69 Å². The van der Waals surface area contributed by atoms with E-state index in [0.29, 0.717) is 13.1 Å². The van der Waals surface area contributed by atoms with E-state index in [2.05, 4.69) is 0 Å². The molecule has 1 aromatic rings. The average Bonchev–Trinajstić information content (AvgIpc) is 2.40. The third-order valence-corrected chi connectivity index (χ3v) is 6.16. The van der Waals surface area contributed by atoms with Crippen molar-refractivity contribution in [3.8, 4) is 0 Å². The zero-order valence-electron chi connectivity index (χ0n) is 12.7. The maximum Gasteiger partial charge on any atom is 0.275 e. The van der Waals surface area contributed by atoms with Crippen LogP contribution in [-0.2, 0) is 10.0 Å². The first kappa shape index (κ1) is 17.2. The molecule has 0 saturated carbocycles. The Kier molecular flexibility index (Phi) is 4.79. The van der Waals surface area contributed by atoms with Crippen molar-refractivity contribution in [3.05, 3.63) is 32.8 Å². The number of rotatable bonds is 3. The van der Waals surface area contributed by atoms with E-state index in [9.17, 15) is 18.5 Å². The van der Waals surface area contributed by atoms with Crippen LogP contribution in [0.5, 0.6) is 0 Å². The molecule has 1 aliphatic heterocycles. The summed E-state index contributed by atoms with van der Waals surface area (Å²) in [6.45, 7) is 6.35. The average molecular weight is 347 g/mol. The minimum atomic E-state index is -3.78. The third kappa shape index (κ3) is 3.26. The molecule has 0 radical (unpaired) electrons. The number of nitro benzene ring substituents is 1. The third-order valence-electron chi connectivity index (χ3n) is 3.96. The smallest absolute Gasteiger partial charge is 0.258 e. The maximum atomic E-state index is 12.8. The van der Waals surface area contributed by atoms with Crippen molar-refractivity contribution in [2.24, 2.45) is 11.8 Å². The van der Waals surface area contributed by atoms with Crippen molar-refractivity contribution in [2.75, 3.05) is 13.1 Å². The Hall–Kier alpha value is -1.18. The molecule has 1 aromatic carbocycles. The van der Waals surface area contributed by atoms with Crippen LogP contribution in [0, 0.1) is 28.9 Å². The summed E-state index contributed by atoms with van der Waals surface area (Å²) in [6.07, 6.45) is 0.973. The number of piperidine rings is 1. The highest BCUT2D eigenvalue weighted by atomic mass is 35.5.